The Morgan fingerprint density at radius 2 is 1.89 bits per heavy atom. The van der Waals surface area contributed by atoms with E-state index >= 15 is 0 Å². The van der Waals surface area contributed by atoms with Crippen molar-refractivity contribution in [2.75, 3.05) is 12.4 Å². The van der Waals surface area contributed by atoms with Crippen LogP contribution in [-0.2, 0) is 10.0 Å². The van der Waals surface area contributed by atoms with Gasteiger partial charge in [-0.1, -0.05) is 29.5 Å². The summed E-state index contributed by atoms with van der Waals surface area (Å²) in [6.07, 6.45) is 0. The van der Waals surface area contributed by atoms with E-state index in [4.69, 9.17) is 0 Å². The molecule has 19 heavy (non-hydrogen) atoms. The monoisotopic (exact) mass is 298 g/mol. The lowest BCUT2D eigenvalue weighted by atomic mass is 10.2. The van der Waals surface area contributed by atoms with Gasteiger partial charge >= 0.3 is 0 Å². The summed E-state index contributed by atoms with van der Waals surface area (Å²) in [6.45, 7) is 0. The molecule has 0 fully saturated rings. The third kappa shape index (κ3) is 3.13. The van der Waals surface area contributed by atoms with Gasteiger partial charge in [0.25, 0.3) is 15.9 Å². The molecule has 9 heteroatoms. The van der Waals surface area contributed by atoms with Gasteiger partial charge in [-0.15, -0.1) is 10.2 Å². The molecule has 0 unspecified atom stereocenters. The summed E-state index contributed by atoms with van der Waals surface area (Å²) in [5, 5.41) is 9.74. The number of hydrogen-bond donors (Lipinski definition) is 2. The van der Waals surface area contributed by atoms with E-state index in [0.29, 0.717) is 5.56 Å². The van der Waals surface area contributed by atoms with Gasteiger partial charge in [-0.3, -0.25) is 10.1 Å². The fraction of sp³-hybridized carbons (Fsp3) is 0.100. The highest BCUT2D eigenvalue weighted by molar-refractivity contribution is 7.91. The summed E-state index contributed by atoms with van der Waals surface area (Å²) in [4.78, 5) is 11.8. The Morgan fingerprint density at radius 3 is 2.53 bits per heavy atom. The molecule has 0 saturated carbocycles. The third-order valence-corrected chi connectivity index (χ3v) is 4.78. The Balaban J connectivity index is 2.15. The van der Waals surface area contributed by atoms with Gasteiger partial charge < -0.3 is 0 Å². The summed E-state index contributed by atoms with van der Waals surface area (Å²) >= 11 is 0.783. The van der Waals surface area contributed by atoms with Gasteiger partial charge in [-0.05, 0) is 19.2 Å². The number of rotatable bonds is 4. The number of nitrogens with zero attached hydrogens (tertiary/aromatic N) is 2. The van der Waals surface area contributed by atoms with Crippen LogP contribution < -0.4 is 10.0 Å². The maximum Gasteiger partial charge on any atom is 0.269 e. The summed E-state index contributed by atoms with van der Waals surface area (Å²) in [5.41, 5.74) is 0.454. The largest absolute Gasteiger partial charge is 0.296 e. The third-order valence-electron chi connectivity index (χ3n) is 2.16. The highest BCUT2D eigenvalue weighted by Gasteiger charge is 2.19. The number of aromatic nitrogens is 2. The van der Waals surface area contributed by atoms with Crippen LogP contribution in [0, 0.1) is 0 Å². The fourth-order valence-corrected chi connectivity index (χ4v) is 2.94. The predicted octanol–water partition coefficient (Wildman–Crippen LogP) is 0.698. The zero-order valence-electron chi connectivity index (χ0n) is 9.82. The van der Waals surface area contributed by atoms with Crippen LogP contribution in [0.25, 0.3) is 0 Å². The van der Waals surface area contributed by atoms with Crippen molar-refractivity contribution < 1.29 is 13.2 Å². The van der Waals surface area contributed by atoms with Gasteiger partial charge in [0.05, 0.1) is 0 Å². The lowest BCUT2D eigenvalue weighted by Gasteiger charge is -1.99. The molecule has 0 saturated heterocycles. The van der Waals surface area contributed by atoms with Crippen LogP contribution in [0.2, 0.25) is 0 Å². The van der Waals surface area contributed by atoms with Crippen molar-refractivity contribution in [2.45, 2.75) is 4.34 Å². The average Bonchev–Trinajstić information content (AvgIpc) is 2.89. The first-order chi connectivity index (χ1) is 9.03. The van der Waals surface area contributed by atoms with Gasteiger partial charge in [-0.25, -0.2) is 13.1 Å². The fourth-order valence-electron chi connectivity index (χ4n) is 1.22. The Hall–Kier alpha value is -1.84. The molecule has 0 radical (unpaired) electrons. The second-order valence-electron chi connectivity index (χ2n) is 3.40. The topological polar surface area (TPSA) is 101 Å². The maximum absolute atomic E-state index is 11.8. The maximum atomic E-state index is 11.8. The van der Waals surface area contributed by atoms with E-state index in [1.165, 1.54) is 7.05 Å². The number of carbonyl (C=O) groups is 1. The summed E-state index contributed by atoms with van der Waals surface area (Å²) < 4.78 is 24.8. The van der Waals surface area contributed by atoms with Crippen LogP contribution in [0.4, 0.5) is 5.13 Å². The Bertz CT molecular complexity index is 682. The molecular formula is C10H10N4O3S2. The predicted molar refractivity (Wildman–Crippen MR) is 70.5 cm³/mol. The highest BCUT2D eigenvalue weighted by atomic mass is 32.2. The molecule has 2 N–H and O–H groups in total. The Labute approximate surface area is 113 Å². The van der Waals surface area contributed by atoms with Crippen molar-refractivity contribution in [1.29, 1.82) is 0 Å². The number of anilines is 1. The van der Waals surface area contributed by atoms with Crippen molar-refractivity contribution >= 4 is 32.4 Å². The van der Waals surface area contributed by atoms with Crippen LogP contribution in [0.3, 0.4) is 0 Å². The molecule has 0 aliphatic rings. The van der Waals surface area contributed by atoms with E-state index < -0.39 is 10.0 Å². The van der Waals surface area contributed by atoms with E-state index in [1.807, 2.05) is 0 Å². The molecule has 0 aliphatic carbocycles. The molecule has 1 amide bonds. The van der Waals surface area contributed by atoms with Crippen LogP contribution in [0.1, 0.15) is 10.4 Å². The lowest BCUT2D eigenvalue weighted by molar-refractivity contribution is 0.102. The molecule has 1 aromatic carbocycles. The van der Waals surface area contributed by atoms with E-state index in [2.05, 4.69) is 20.2 Å². The first-order valence-corrected chi connectivity index (χ1v) is 7.46. The second-order valence-corrected chi connectivity index (χ2v) is 6.44. The molecule has 0 bridgehead atoms. The van der Waals surface area contributed by atoms with E-state index in [9.17, 15) is 13.2 Å². The minimum absolute atomic E-state index is 0.127. The quantitative estimate of drug-likeness (QED) is 0.809. The van der Waals surface area contributed by atoms with Gasteiger partial charge in [-0.2, -0.15) is 0 Å². The number of hydrogen-bond acceptors (Lipinski definition) is 6. The molecule has 0 atom stereocenters. The van der Waals surface area contributed by atoms with Crippen molar-refractivity contribution in [2.24, 2.45) is 0 Å². The van der Waals surface area contributed by atoms with Crippen LogP contribution >= 0.6 is 11.3 Å². The number of carbonyl (C=O) groups excluding carboxylic acids is 1. The molecule has 100 valence electrons. The van der Waals surface area contributed by atoms with E-state index in [-0.39, 0.29) is 15.4 Å². The summed E-state index contributed by atoms with van der Waals surface area (Å²) in [5.74, 6) is -0.370. The zero-order chi connectivity index (χ0) is 13.9. The summed E-state index contributed by atoms with van der Waals surface area (Å²) in [7, 11) is -2.36. The van der Waals surface area contributed by atoms with Gasteiger partial charge in [0.2, 0.25) is 9.47 Å². The van der Waals surface area contributed by atoms with Crippen molar-refractivity contribution in [3.8, 4) is 0 Å². The second kappa shape index (κ2) is 5.43. The average molecular weight is 298 g/mol. The minimum Gasteiger partial charge on any atom is -0.296 e. The van der Waals surface area contributed by atoms with Gasteiger partial charge in [0.1, 0.15) is 0 Å². The highest BCUT2D eigenvalue weighted by Crippen LogP contribution is 2.19. The first kappa shape index (κ1) is 13.6. The molecule has 2 aromatic rings. The molecule has 1 heterocycles. The normalized spacial score (nSPS) is 11.2. The smallest absolute Gasteiger partial charge is 0.269 e. The minimum atomic E-state index is -3.63. The number of nitrogens with one attached hydrogen (secondary N) is 2. The zero-order valence-corrected chi connectivity index (χ0v) is 11.5. The molecular weight excluding hydrogens is 288 g/mol. The van der Waals surface area contributed by atoms with Crippen molar-refractivity contribution in [3.63, 3.8) is 0 Å². The van der Waals surface area contributed by atoms with Gasteiger partial charge in [0.15, 0.2) is 0 Å². The number of sulfonamides is 1. The number of amides is 1. The van der Waals surface area contributed by atoms with Crippen molar-refractivity contribution in [1.82, 2.24) is 14.9 Å². The van der Waals surface area contributed by atoms with E-state index in [0.717, 1.165) is 11.3 Å². The Morgan fingerprint density at radius 1 is 1.21 bits per heavy atom. The van der Waals surface area contributed by atoms with Crippen LogP contribution in [-0.4, -0.2) is 31.6 Å². The van der Waals surface area contributed by atoms with E-state index in [1.54, 1.807) is 30.3 Å². The molecule has 0 aliphatic heterocycles. The standard InChI is InChI=1S/C10H10N4O3S2/c1-11-19(16,17)10-14-13-9(18-10)12-8(15)7-5-3-2-4-6-7/h2-6,11H,1H3,(H,12,13,15). The van der Waals surface area contributed by atoms with Crippen LogP contribution in [0.5, 0.6) is 0 Å². The molecule has 0 spiro atoms. The Kier molecular flexibility index (Phi) is 3.88. The molecule has 1 aromatic heterocycles. The SMILES string of the molecule is CNS(=O)(=O)c1nnc(NC(=O)c2ccccc2)s1. The molecule has 2 rings (SSSR count). The molecule has 7 nitrogen and oxygen atoms in total. The van der Waals surface area contributed by atoms with Crippen molar-refractivity contribution in [3.05, 3.63) is 35.9 Å². The first-order valence-electron chi connectivity index (χ1n) is 5.16. The lowest BCUT2D eigenvalue weighted by Crippen LogP contribution is -2.18. The van der Waals surface area contributed by atoms with Gasteiger partial charge in [0, 0.05) is 5.56 Å². The summed E-state index contributed by atoms with van der Waals surface area (Å²) in [6, 6.07) is 8.53. The van der Waals surface area contributed by atoms with Crippen LogP contribution in [0.15, 0.2) is 34.7 Å². The number of benzene rings is 1.